The molecule has 0 saturated carbocycles. The highest BCUT2D eigenvalue weighted by molar-refractivity contribution is 5.44. The first-order valence-corrected chi connectivity index (χ1v) is 9.04. The van der Waals surface area contributed by atoms with Gasteiger partial charge in [-0.05, 0) is 60.1 Å². The molecule has 2 aromatic rings. The van der Waals surface area contributed by atoms with Crippen LogP contribution >= 0.6 is 0 Å². The van der Waals surface area contributed by atoms with Gasteiger partial charge in [0.05, 0.1) is 35.1 Å². The number of alkyl halides is 1. The minimum Gasteiger partial charge on any atom is -0.493 e. The molecule has 0 aliphatic heterocycles. The van der Waals surface area contributed by atoms with Gasteiger partial charge in [0, 0.05) is 0 Å². The molecule has 0 heterocycles. The number of ether oxygens (including phenoxy) is 4. The lowest BCUT2D eigenvalue weighted by Gasteiger charge is -2.22. The third-order valence-electron chi connectivity index (χ3n) is 4.95. The Hall–Kier alpha value is -2.43. The van der Waals surface area contributed by atoms with Gasteiger partial charge in [-0.3, -0.25) is 4.39 Å². The van der Waals surface area contributed by atoms with Crippen molar-refractivity contribution in [3.8, 4) is 23.0 Å². The van der Waals surface area contributed by atoms with E-state index in [4.69, 9.17) is 18.9 Å². The zero-order valence-electron chi connectivity index (χ0n) is 16.8. The number of methoxy groups -OCH3 is 4. The summed E-state index contributed by atoms with van der Waals surface area (Å²) in [5.41, 5.74) is 2.14. The Morgan fingerprint density at radius 1 is 0.704 bits per heavy atom. The molecule has 0 aliphatic carbocycles. The first kappa shape index (κ1) is 20.9. The monoisotopic (exact) mass is 376 g/mol. The van der Waals surface area contributed by atoms with Crippen LogP contribution in [-0.2, 0) is 12.8 Å². The third-order valence-corrected chi connectivity index (χ3v) is 4.95. The third kappa shape index (κ3) is 5.28. The summed E-state index contributed by atoms with van der Waals surface area (Å²) in [4.78, 5) is 0. The fourth-order valence-electron chi connectivity index (χ4n) is 3.26. The lowest BCUT2D eigenvalue weighted by molar-refractivity contribution is 0.270. The van der Waals surface area contributed by atoms with Crippen LogP contribution in [0, 0.1) is 11.8 Å². The summed E-state index contributed by atoms with van der Waals surface area (Å²) in [6.45, 7) is 1.71. The summed E-state index contributed by atoms with van der Waals surface area (Å²) < 4.78 is 35.0. The Labute approximate surface area is 161 Å². The Balaban J connectivity index is 2.10. The van der Waals surface area contributed by atoms with Crippen LogP contribution in [0.5, 0.6) is 23.0 Å². The minimum atomic E-state index is -0.372. The second kappa shape index (κ2) is 10.0. The van der Waals surface area contributed by atoms with Gasteiger partial charge in [0.2, 0.25) is 0 Å². The van der Waals surface area contributed by atoms with E-state index >= 15 is 0 Å². The first-order valence-electron chi connectivity index (χ1n) is 9.04. The number of halogens is 1. The van der Waals surface area contributed by atoms with Crippen molar-refractivity contribution in [3.63, 3.8) is 0 Å². The first-order chi connectivity index (χ1) is 13.1. The molecule has 0 bridgehead atoms. The van der Waals surface area contributed by atoms with Gasteiger partial charge in [0.1, 0.15) is 0 Å². The molecule has 148 valence electrons. The average molecular weight is 376 g/mol. The maximum atomic E-state index is 13.8. The Morgan fingerprint density at radius 2 is 1.15 bits per heavy atom. The summed E-state index contributed by atoms with van der Waals surface area (Å²) >= 11 is 0. The minimum absolute atomic E-state index is 0.0869. The van der Waals surface area contributed by atoms with E-state index in [1.807, 2.05) is 36.4 Å². The summed E-state index contributed by atoms with van der Waals surface area (Å²) in [6, 6.07) is 11.6. The topological polar surface area (TPSA) is 36.9 Å². The van der Waals surface area contributed by atoms with Crippen molar-refractivity contribution >= 4 is 0 Å². The molecule has 0 amide bonds. The van der Waals surface area contributed by atoms with E-state index in [1.165, 1.54) is 0 Å². The van der Waals surface area contributed by atoms with Crippen LogP contribution in [0.4, 0.5) is 4.39 Å². The molecular formula is C22H29FO4. The van der Waals surface area contributed by atoms with Crippen LogP contribution in [0.3, 0.4) is 0 Å². The molecule has 27 heavy (non-hydrogen) atoms. The molecule has 5 heteroatoms. The molecule has 4 nitrogen and oxygen atoms in total. The van der Waals surface area contributed by atoms with Crippen LogP contribution in [0.1, 0.15) is 18.1 Å². The highest BCUT2D eigenvalue weighted by Crippen LogP contribution is 2.32. The zero-order valence-corrected chi connectivity index (χ0v) is 16.8. The SMILES string of the molecule is COc1ccc(C[C@H](CF)[C@H](C)Cc2ccc(OC)c(OC)c2)cc1OC. The predicted molar refractivity (Wildman–Crippen MR) is 105 cm³/mol. The van der Waals surface area contributed by atoms with Crippen molar-refractivity contribution in [2.45, 2.75) is 19.8 Å². The van der Waals surface area contributed by atoms with Crippen molar-refractivity contribution in [2.75, 3.05) is 35.1 Å². The fourth-order valence-corrected chi connectivity index (χ4v) is 3.26. The van der Waals surface area contributed by atoms with Crippen LogP contribution in [0.2, 0.25) is 0 Å². The largest absolute Gasteiger partial charge is 0.493 e. The van der Waals surface area contributed by atoms with Gasteiger partial charge in [0.15, 0.2) is 23.0 Å². The second-order valence-electron chi connectivity index (χ2n) is 6.68. The second-order valence-corrected chi connectivity index (χ2v) is 6.68. The average Bonchev–Trinajstić information content (AvgIpc) is 2.71. The van der Waals surface area contributed by atoms with E-state index in [1.54, 1.807) is 28.4 Å². The molecule has 0 radical (unpaired) electrons. The van der Waals surface area contributed by atoms with Crippen molar-refractivity contribution in [2.24, 2.45) is 11.8 Å². The highest BCUT2D eigenvalue weighted by atomic mass is 19.1. The van der Waals surface area contributed by atoms with E-state index in [0.29, 0.717) is 29.4 Å². The summed E-state index contributed by atoms with van der Waals surface area (Å²) in [6.07, 6.45) is 1.41. The van der Waals surface area contributed by atoms with Crippen molar-refractivity contribution < 1.29 is 23.3 Å². The van der Waals surface area contributed by atoms with E-state index in [2.05, 4.69) is 6.92 Å². The van der Waals surface area contributed by atoms with E-state index in [9.17, 15) is 4.39 Å². The predicted octanol–water partition coefficient (Wildman–Crippen LogP) is 4.73. The number of hydrogen-bond donors (Lipinski definition) is 0. The summed E-state index contributed by atoms with van der Waals surface area (Å²) in [5.74, 6) is 2.81. The van der Waals surface area contributed by atoms with Crippen molar-refractivity contribution in [1.82, 2.24) is 0 Å². The van der Waals surface area contributed by atoms with Gasteiger partial charge in [-0.2, -0.15) is 0 Å². The molecule has 2 rings (SSSR count). The number of hydrogen-bond acceptors (Lipinski definition) is 4. The molecule has 0 aromatic heterocycles. The smallest absolute Gasteiger partial charge is 0.160 e. The molecule has 2 atom stereocenters. The molecule has 0 unspecified atom stereocenters. The molecule has 0 spiro atoms. The highest BCUT2D eigenvalue weighted by Gasteiger charge is 2.20. The Kier molecular flexibility index (Phi) is 7.77. The van der Waals surface area contributed by atoms with Gasteiger partial charge in [0.25, 0.3) is 0 Å². The molecular weight excluding hydrogens is 347 g/mol. The van der Waals surface area contributed by atoms with E-state index < -0.39 is 0 Å². The van der Waals surface area contributed by atoms with E-state index in [0.717, 1.165) is 17.5 Å². The molecule has 2 aromatic carbocycles. The van der Waals surface area contributed by atoms with Crippen molar-refractivity contribution in [3.05, 3.63) is 47.5 Å². The van der Waals surface area contributed by atoms with Gasteiger partial charge in [-0.15, -0.1) is 0 Å². The normalized spacial score (nSPS) is 13.0. The standard InChI is InChI=1S/C22H29FO4/c1-15(10-16-6-8-19(24-2)21(12-16)26-4)18(14-23)11-17-7-9-20(25-3)22(13-17)27-5/h6-9,12-13,15,18H,10-11,14H2,1-5H3/t15-,18-/m1/s1. The van der Waals surface area contributed by atoms with Crippen LogP contribution in [0.25, 0.3) is 0 Å². The number of rotatable bonds is 10. The van der Waals surface area contributed by atoms with Crippen LogP contribution in [-0.4, -0.2) is 35.1 Å². The zero-order chi connectivity index (χ0) is 19.8. The van der Waals surface area contributed by atoms with Gasteiger partial charge < -0.3 is 18.9 Å². The molecule has 0 N–H and O–H groups in total. The fraction of sp³-hybridized carbons (Fsp3) is 0.455. The maximum Gasteiger partial charge on any atom is 0.160 e. The van der Waals surface area contributed by atoms with Gasteiger partial charge in [-0.1, -0.05) is 19.1 Å². The molecule has 0 saturated heterocycles. The summed E-state index contributed by atoms with van der Waals surface area (Å²) in [5, 5.41) is 0. The Morgan fingerprint density at radius 3 is 1.56 bits per heavy atom. The van der Waals surface area contributed by atoms with Crippen molar-refractivity contribution in [1.29, 1.82) is 0 Å². The van der Waals surface area contributed by atoms with Gasteiger partial charge >= 0.3 is 0 Å². The summed E-state index contributed by atoms with van der Waals surface area (Å²) in [7, 11) is 6.44. The lowest BCUT2D eigenvalue weighted by atomic mass is 9.85. The lowest BCUT2D eigenvalue weighted by Crippen LogP contribution is -2.19. The van der Waals surface area contributed by atoms with Crippen LogP contribution < -0.4 is 18.9 Å². The molecule has 0 fully saturated rings. The quantitative estimate of drug-likeness (QED) is 0.601. The molecule has 0 aliphatic rings. The van der Waals surface area contributed by atoms with Gasteiger partial charge in [-0.25, -0.2) is 0 Å². The van der Waals surface area contributed by atoms with E-state index in [-0.39, 0.29) is 18.5 Å². The van der Waals surface area contributed by atoms with Crippen LogP contribution in [0.15, 0.2) is 36.4 Å². The Bertz CT molecular complexity index is 732. The number of benzene rings is 2. The maximum absolute atomic E-state index is 13.8.